The van der Waals surface area contributed by atoms with Gasteiger partial charge in [0.2, 0.25) is 5.91 Å². The lowest BCUT2D eigenvalue weighted by Gasteiger charge is -2.05. The van der Waals surface area contributed by atoms with Crippen molar-refractivity contribution in [3.8, 4) is 11.3 Å². The summed E-state index contributed by atoms with van der Waals surface area (Å²) in [6, 6.07) is 9.99. The summed E-state index contributed by atoms with van der Waals surface area (Å²) in [6.45, 7) is 0. The maximum absolute atomic E-state index is 13.1. The fraction of sp³-hybridized carbons (Fsp3) is 0.167. The SMILES string of the molecule is O=C(Nc1scnc1-c1ccc(F)cc1)C1CC1c1cccnc1. The number of benzene rings is 1. The fourth-order valence-electron chi connectivity index (χ4n) is 2.80. The van der Waals surface area contributed by atoms with E-state index in [-0.39, 0.29) is 23.6 Å². The van der Waals surface area contributed by atoms with Crippen molar-refractivity contribution < 1.29 is 9.18 Å². The molecule has 6 heteroatoms. The first-order valence-electron chi connectivity index (χ1n) is 7.62. The lowest BCUT2D eigenvalue weighted by molar-refractivity contribution is -0.117. The van der Waals surface area contributed by atoms with Crippen LogP contribution in [0, 0.1) is 11.7 Å². The third kappa shape index (κ3) is 2.92. The van der Waals surface area contributed by atoms with E-state index in [1.54, 1.807) is 23.8 Å². The molecule has 24 heavy (non-hydrogen) atoms. The molecule has 1 aliphatic rings. The van der Waals surface area contributed by atoms with Gasteiger partial charge in [-0.2, -0.15) is 0 Å². The maximum Gasteiger partial charge on any atom is 0.228 e. The maximum atomic E-state index is 13.1. The van der Waals surface area contributed by atoms with Crippen LogP contribution in [0.1, 0.15) is 17.9 Å². The lowest BCUT2D eigenvalue weighted by atomic mass is 10.1. The number of amides is 1. The van der Waals surface area contributed by atoms with Crippen LogP contribution in [0.25, 0.3) is 11.3 Å². The highest BCUT2D eigenvalue weighted by Gasteiger charge is 2.44. The first-order chi connectivity index (χ1) is 11.7. The fourth-order valence-corrected chi connectivity index (χ4v) is 3.51. The summed E-state index contributed by atoms with van der Waals surface area (Å²) >= 11 is 1.37. The zero-order valence-electron chi connectivity index (χ0n) is 12.6. The van der Waals surface area contributed by atoms with E-state index in [9.17, 15) is 9.18 Å². The third-order valence-electron chi connectivity index (χ3n) is 4.16. The third-order valence-corrected chi connectivity index (χ3v) is 4.90. The number of carbonyl (C=O) groups is 1. The molecule has 120 valence electrons. The monoisotopic (exact) mass is 339 g/mol. The van der Waals surface area contributed by atoms with Crippen LogP contribution in [0.15, 0.2) is 54.3 Å². The van der Waals surface area contributed by atoms with Crippen molar-refractivity contribution >= 4 is 22.2 Å². The van der Waals surface area contributed by atoms with Crippen LogP contribution in [-0.4, -0.2) is 15.9 Å². The molecular formula is C18H14FN3OS. The molecule has 4 nitrogen and oxygen atoms in total. The van der Waals surface area contributed by atoms with Gasteiger partial charge in [-0.1, -0.05) is 6.07 Å². The van der Waals surface area contributed by atoms with Gasteiger partial charge in [0.1, 0.15) is 16.5 Å². The van der Waals surface area contributed by atoms with Crippen LogP contribution in [0.3, 0.4) is 0 Å². The minimum absolute atomic E-state index is 0.00327. The van der Waals surface area contributed by atoms with Crippen molar-refractivity contribution in [3.05, 3.63) is 65.7 Å². The van der Waals surface area contributed by atoms with Gasteiger partial charge in [-0.3, -0.25) is 9.78 Å². The van der Waals surface area contributed by atoms with E-state index in [0.717, 1.165) is 17.5 Å². The Morgan fingerprint density at radius 1 is 1.25 bits per heavy atom. The second kappa shape index (κ2) is 6.13. The van der Waals surface area contributed by atoms with E-state index < -0.39 is 0 Å². The Hall–Kier alpha value is -2.60. The van der Waals surface area contributed by atoms with E-state index in [1.165, 1.54) is 23.5 Å². The highest BCUT2D eigenvalue weighted by atomic mass is 32.1. The van der Waals surface area contributed by atoms with Gasteiger partial charge >= 0.3 is 0 Å². The topological polar surface area (TPSA) is 54.9 Å². The summed E-state index contributed by atoms with van der Waals surface area (Å²) in [4.78, 5) is 20.9. The molecule has 2 aromatic heterocycles. The van der Waals surface area contributed by atoms with Gasteiger partial charge in [0.15, 0.2) is 0 Å². The Balaban J connectivity index is 1.48. The standard InChI is InChI=1S/C18H14FN3OS/c19-13-5-3-11(4-6-13)16-18(24-10-21-16)22-17(23)15-8-14(15)12-2-1-7-20-9-12/h1-7,9-10,14-15H,8H2,(H,22,23). The number of nitrogens with one attached hydrogen (secondary N) is 1. The molecule has 2 heterocycles. The van der Waals surface area contributed by atoms with Crippen molar-refractivity contribution in [1.29, 1.82) is 0 Å². The van der Waals surface area contributed by atoms with Crippen molar-refractivity contribution in [3.63, 3.8) is 0 Å². The van der Waals surface area contributed by atoms with Crippen molar-refractivity contribution in [2.24, 2.45) is 5.92 Å². The lowest BCUT2D eigenvalue weighted by Crippen LogP contribution is -2.14. The van der Waals surface area contributed by atoms with Gasteiger partial charge in [-0.15, -0.1) is 11.3 Å². The first kappa shape index (κ1) is 15.0. The number of thiazole rings is 1. The second-order valence-corrected chi connectivity index (χ2v) is 6.62. The molecule has 0 spiro atoms. The average molecular weight is 339 g/mol. The van der Waals surface area contributed by atoms with Crippen molar-refractivity contribution in [2.75, 3.05) is 5.32 Å². The summed E-state index contributed by atoms with van der Waals surface area (Å²) in [6.07, 6.45) is 4.38. The van der Waals surface area contributed by atoms with E-state index >= 15 is 0 Å². The number of pyridine rings is 1. The van der Waals surface area contributed by atoms with Crippen LogP contribution in [0.2, 0.25) is 0 Å². The molecule has 1 N–H and O–H groups in total. The summed E-state index contributed by atoms with van der Waals surface area (Å²) < 4.78 is 13.1. The molecule has 1 fully saturated rings. The van der Waals surface area contributed by atoms with Crippen LogP contribution in [0.4, 0.5) is 9.39 Å². The van der Waals surface area contributed by atoms with E-state index in [4.69, 9.17) is 0 Å². The molecule has 3 aromatic rings. The van der Waals surface area contributed by atoms with Gasteiger partial charge in [0.25, 0.3) is 0 Å². The number of carbonyl (C=O) groups excluding carboxylic acids is 1. The molecule has 1 saturated carbocycles. The summed E-state index contributed by atoms with van der Waals surface area (Å²) in [5.41, 5.74) is 4.24. The number of hydrogen-bond acceptors (Lipinski definition) is 4. The Bertz CT molecular complexity index is 863. The minimum atomic E-state index is -0.295. The Labute approximate surface area is 142 Å². The van der Waals surface area contributed by atoms with Crippen LogP contribution in [-0.2, 0) is 4.79 Å². The predicted molar refractivity (Wildman–Crippen MR) is 91.2 cm³/mol. The van der Waals surface area contributed by atoms with Gasteiger partial charge in [-0.05, 0) is 48.2 Å². The molecule has 0 saturated heterocycles. The van der Waals surface area contributed by atoms with Crippen LogP contribution < -0.4 is 5.32 Å². The molecule has 1 aromatic carbocycles. The average Bonchev–Trinajstić information content (AvgIpc) is 3.29. The quantitative estimate of drug-likeness (QED) is 0.779. The number of aromatic nitrogens is 2. The zero-order valence-corrected chi connectivity index (χ0v) is 13.5. The molecule has 0 radical (unpaired) electrons. The molecule has 2 atom stereocenters. The van der Waals surface area contributed by atoms with Crippen molar-refractivity contribution in [1.82, 2.24) is 9.97 Å². The van der Waals surface area contributed by atoms with E-state index in [2.05, 4.69) is 15.3 Å². The van der Waals surface area contributed by atoms with Crippen LogP contribution in [0.5, 0.6) is 0 Å². The second-order valence-electron chi connectivity index (χ2n) is 5.76. The Morgan fingerprint density at radius 2 is 2.08 bits per heavy atom. The first-order valence-corrected chi connectivity index (χ1v) is 8.50. The van der Waals surface area contributed by atoms with Crippen LogP contribution >= 0.6 is 11.3 Å². The minimum Gasteiger partial charge on any atom is -0.316 e. The van der Waals surface area contributed by atoms with Gasteiger partial charge in [-0.25, -0.2) is 9.37 Å². The molecule has 1 amide bonds. The zero-order chi connectivity index (χ0) is 16.5. The largest absolute Gasteiger partial charge is 0.316 e. The molecule has 1 aliphatic carbocycles. The predicted octanol–water partition coefficient (Wildman–Crippen LogP) is 4.09. The molecule has 2 unspecified atom stereocenters. The summed E-state index contributed by atoms with van der Waals surface area (Å²) in [7, 11) is 0. The summed E-state index contributed by atoms with van der Waals surface area (Å²) in [5, 5.41) is 3.67. The number of rotatable bonds is 4. The molecule has 4 rings (SSSR count). The number of halogens is 1. The van der Waals surface area contributed by atoms with Gasteiger partial charge < -0.3 is 5.32 Å². The highest BCUT2D eigenvalue weighted by molar-refractivity contribution is 7.14. The van der Waals surface area contributed by atoms with Gasteiger partial charge in [0, 0.05) is 23.9 Å². The number of hydrogen-bond donors (Lipinski definition) is 1. The van der Waals surface area contributed by atoms with Gasteiger partial charge in [0.05, 0.1) is 5.51 Å². The Morgan fingerprint density at radius 3 is 2.83 bits per heavy atom. The summed E-state index contributed by atoms with van der Waals surface area (Å²) in [5.74, 6) is -0.0911. The normalized spacial score (nSPS) is 19.0. The highest BCUT2D eigenvalue weighted by Crippen LogP contribution is 2.48. The molecular weight excluding hydrogens is 325 g/mol. The Kier molecular flexibility index (Phi) is 3.82. The number of nitrogens with zero attached hydrogens (tertiary/aromatic N) is 2. The smallest absolute Gasteiger partial charge is 0.228 e. The molecule has 0 bridgehead atoms. The number of anilines is 1. The molecule has 0 aliphatic heterocycles. The van der Waals surface area contributed by atoms with Crippen molar-refractivity contribution in [2.45, 2.75) is 12.3 Å². The van der Waals surface area contributed by atoms with E-state index in [0.29, 0.717) is 10.7 Å². The van der Waals surface area contributed by atoms with E-state index in [1.807, 2.05) is 18.3 Å².